The molecule has 0 amide bonds. The fourth-order valence-electron chi connectivity index (χ4n) is 1.86. The van der Waals surface area contributed by atoms with Gasteiger partial charge in [0.1, 0.15) is 0 Å². The summed E-state index contributed by atoms with van der Waals surface area (Å²) in [4.78, 5) is 0. The largest absolute Gasteiger partial charge is 0.0837 e. The summed E-state index contributed by atoms with van der Waals surface area (Å²) < 4.78 is 0. The molecule has 0 heteroatoms. The summed E-state index contributed by atoms with van der Waals surface area (Å²) in [5.41, 5.74) is 1.32. The van der Waals surface area contributed by atoms with Gasteiger partial charge in [-0.25, -0.2) is 0 Å². The Morgan fingerprint density at radius 1 is 1.00 bits per heavy atom. The fraction of sp³-hybridized carbons (Fsp3) is 0.250. The van der Waals surface area contributed by atoms with Crippen molar-refractivity contribution in [2.75, 3.05) is 0 Å². The van der Waals surface area contributed by atoms with Crippen LogP contribution in [-0.2, 0) is 0 Å². The van der Waals surface area contributed by atoms with Crippen LogP contribution in [0.3, 0.4) is 0 Å². The van der Waals surface area contributed by atoms with Crippen LogP contribution in [0.1, 0.15) is 25.8 Å². The zero-order valence-corrected chi connectivity index (χ0v) is 9.98. The third kappa shape index (κ3) is 2.52. The maximum atomic E-state index is 2.27. The molecule has 0 aliphatic heterocycles. The van der Waals surface area contributed by atoms with E-state index in [9.17, 15) is 0 Å². The van der Waals surface area contributed by atoms with E-state index in [2.05, 4.69) is 68.5 Å². The van der Waals surface area contributed by atoms with E-state index in [1.165, 1.54) is 16.3 Å². The lowest BCUT2D eigenvalue weighted by molar-refractivity contribution is 0.665. The summed E-state index contributed by atoms with van der Waals surface area (Å²) in [6, 6.07) is 15.0. The summed E-state index contributed by atoms with van der Waals surface area (Å²) in [6.45, 7) is 4.49. The monoisotopic (exact) mass is 210 g/mol. The van der Waals surface area contributed by atoms with Gasteiger partial charge >= 0.3 is 0 Å². The van der Waals surface area contributed by atoms with E-state index < -0.39 is 0 Å². The standard InChI is InChI=1S/C16H18/c1-13(2)7-5-9-15-11-6-10-14-8-3-4-12-16(14)15/h3-6,8-13H,7H2,1-2H3. The number of hydrogen-bond acceptors (Lipinski definition) is 0. The quantitative estimate of drug-likeness (QED) is 0.676. The van der Waals surface area contributed by atoms with Gasteiger partial charge in [-0.1, -0.05) is 68.5 Å². The summed E-state index contributed by atoms with van der Waals surface area (Å²) in [7, 11) is 0. The average molecular weight is 210 g/mol. The molecule has 0 heterocycles. The molecule has 0 aromatic heterocycles. The van der Waals surface area contributed by atoms with Gasteiger partial charge in [0.15, 0.2) is 0 Å². The maximum absolute atomic E-state index is 2.27. The third-order valence-electron chi connectivity index (χ3n) is 2.73. The van der Waals surface area contributed by atoms with Crippen LogP contribution in [0, 0.1) is 5.92 Å². The molecule has 16 heavy (non-hydrogen) atoms. The van der Waals surface area contributed by atoms with Crippen molar-refractivity contribution in [3.05, 3.63) is 54.1 Å². The highest BCUT2D eigenvalue weighted by atomic mass is 14.0. The molecular weight excluding hydrogens is 192 g/mol. The van der Waals surface area contributed by atoms with Gasteiger partial charge < -0.3 is 0 Å². The maximum Gasteiger partial charge on any atom is -0.0112 e. The summed E-state index contributed by atoms with van der Waals surface area (Å²) in [5, 5.41) is 2.65. The van der Waals surface area contributed by atoms with Gasteiger partial charge in [-0.15, -0.1) is 0 Å². The topological polar surface area (TPSA) is 0 Å². The van der Waals surface area contributed by atoms with Crippen LogP contribution in [0.4, 0.5) is 0 Å². The van der Waals surface area contributed by atoms with Gasteiger partial charge in [0.25, 0.3) is 0 Å². The van der Waals surface area contributed by atoms with Gasteiger partial charge in [-0.2, -0.15) is 0 Å². The van der Waals surface area contributed by atoms with Crippen molar-refractivity contribution >= 4 is 16.8 Å². The molecule has 2 aromatic rings. The van der Waals surface area contributed by atoms with Crippen molar-refractivity contribution in [3.63, 3.8) is 0 Å². The molecule has 0 radical (unpaired) electrons. The Hall–Kier alpha value is -1.56. The summed E-state index contributed by atoms with van der Waals surface area (Å²) in [5.74, 6) is 0.728. The first-order valence-corrected chi connectivity index (χ1v) is 5.91. The van der Waals surface area contributed by atoms with Crippen molar-refractivity contribution in [2.45, 2.75) is 20.3 Å². The lowest BCUT2D eigenvalue weighted by atomic mass is 10.0. The molecule has 0 fully saturated rings. The Labute approximate surface area is 97.6 Å². The molecule has 0 aliphatic rings. The first kappa shape index (κ1) is 10.9. The van der Waals surface area contributed by atoms with Crippen molar-refractivity contribution in [3.8, 4) is 0 Å². The van der Waals surface area contributed by atoms with Gasteiger partial charge in [0.2, 0.25) is 0 Å². The molecule has 0 bridgehead atoms. The second-order valence-electron chi connectivity index (χ2n) is 4.60. The Bertz CT molecular complexity index is 487. The van der Waals surface area contributed by atoms with Gasteiger partial charge in [0, 0.05) is 0 Å². The van der Waals surface area contributed by atoms with Crippen LogP contribution in [0.5, 0.6) is 0 Å². The Morgan fingerprint density at radius 3 is 2.56 bits per heavy atom. The fourth-order valence-corrected chi connectivity index (χ4v) is 1.86. The zero-order chi connectivity index (χ0) is 11.4. The molecule has 82 valence electrons. The van der Waals surface area contributed by atoms with Gasteiger partial charge in [-0.3, -0.25) is 0 Å². The van der Waals surface area contributed by atoms with Crippen LogP contribution in [-0.4, -0.2) is 0 Å². The van der Waals surface area contributed by atoms with Gasteiger partial charge in [-0.05, 0) is 28.7 Å². The predicted octanol–water partition coefficient (Wildman–Crippen LogP) is 4.90. The number of rotatable bonds is 3. The molecule has 0 nitrogen and oxygen atoms in total. The molecule has 0 saturated carbocycles. The van der Waals surface area contributed by atoms with E-state index in [-0.39, 0.29) is 0 Å². The van der Waals surface area contributed by atoms with E-state index in [0.717, 1.165) is 12.3 Å². The minimum Gasteiger partial charge on any atom is -0.0837 e. The highest BCUT2D eigenvalue weighted by Crippen LogP contribution is 2.20. The first-order valence-electron chi connectivity index (χ1n) is 5.91. The third-order valence-corrected chi connectivity index (χ3v) is 2.73. The Morgan fingerprint density at radius 2 is 1.75 bits per heavy atom. The molecule has 0 spiro atoms. The average Bonchev–Trinajstić information content (AvgIpc) is 2.29. The van der Waals surface area contributed by atoms with E-state index >= 15 is 0 Å². The Balaban J connectivity index is 2.34. The second kappa shape index (κ2) is 4.98. The molecule has 0 N–H and O–H groups in total. The number of benzene rings is 2. The normalized spacial score (nSPS) is 11.7. The molecule has 0 saturated heterocycles. The lowest BCUT2D eigenvalue weighted by Gasteiger charge is -2.02. The number of hydrogen-bond donors (Lipinski definition) is 0. The molecule has 2 aromatic carbocycles. The molecule has 0 atom stereocenters. The number of fused-ring (bicyclic) bond motifs is 1. The van der Waals surface area contributed by atoms with Crippen LogP contribution < -0.4 is 0 Å². The highest BCUT2D eigenvalue weighted by Gasteiger charge is 1.96. The van der Waals surface area contributed by atoms with E-state index in [1.807, 2.05) is 0 Å². The van der Waals surface area contributed by atoms with Gasteiger partial charge in [0.05, 0.1) is 0 Å². The molecule has 2 rings (SSSR count). The first-order chi connectivity index (χ1) is 7.77. The van der Waals surface area contributed by atoms with Crippen LogP contribution in [0.2, 0.25) is 0 Å². The van der Waals surface area contributed by atoms with Crippen molar-refractivity contribution in [2.24, 2.45) is 5.92 Å². The molecule has 0 aliphatic carbocycles. The van der Waals surface area contributed by atoms with Crippen molar-refractivity contribution in [1.29, 1.82) is 0 Å². The van der Waals surface area contributed by atoms with Crippen LogP contribution in [0.25, 0.3) is 16.8 Å². The summed E-state index contributed by atoms with van der Waals surface area (Å²) in [6.07, 6.45) is 5.65. The lowest BCUT2D eigenvalue weighted by Crippen LogP contribution is -1.82. The SMILES string of the molecule is CC(C)CC=Cc1cccc2ccccc12. The second-order valence-corrected chi connectivity index (χ2v) is 4.60. The van der Waals surface area contributed by atoms with E-state index in [4.69, 9.17) is 0 Å². The molecular formula is C16H18. The van der Waals surface area contributed by atoms with E-state index in [0.29, 0.717) is 0 Å². The minimum atomic E-state index is 0.728. The molecule has 0 unspecified atom stereocenters. The summed E-state index contributed by atoms with van der Waals surface area (Å²) >= 11 is 0. The van der Waals surface area contributed by atoms with Crippen LogP contribution >= 0.6 is 0 Å². The predicted molar refractivity (Wildman–Crippen MR) is 72.4 cm³/mol. The van der Waals surface area contributed by atoms with Crippen LogP contribution in [0.15, 0.2) is 48.5 Å². The Kier molecular flexibility index (Phi) is 3.40. The minimum absolute atomic E-state index is 0.728. The number of allylic oxidation sites excluding steroid dienone is 1. The zero-order valence-electron chi connectivity index (χ0n) is 9.98. The smallest absolute Gasteiger partial charge is 0.0112 e. The van der Waals surface area contributed by atoms with Crippen molar-refractivity contribution in [1.82, 2.24) is 0 Å². The van der Waals surface area contributed by atoms with Crippen molar-refractivity contribution < 1.29 is 0 Å². The highest BCUT2D eigenvalue weighted by molar-refractivity contribution is 5.90. The van der Waals surface area contributed by atoms with E-state index in [1.54, 1.807) is 0 Å².